The number of carbonyl (C=O) groups excluding carboxylic acids is 1. The average Bonchev–Trinajstić information content (AvgIpc) is 2.75. The van der Waals surface area contributed by atoms with Gasteiger partial charge in [0.15, 0.2) is 5.82 Å². The minimum atomic E-state index is -0.425. The third kappa shape index (κ3) is 3.14. The fourth-order valence-corrected chi connectivity index (χ4v) is 1.57. The first-order valence-electron chi connectivity index (χ1n) is 5.54. The predicted octanol–water partition coefficient (Wildman–Crippen LogP) is 0.767. The van der Waals surface area contributed by atoms with E-state index in [-0.39, 0.29) is 0 Å². The number of amides is 1. The van der Waals surface area contributed by atoms with Crippen LogP contribution in [0.1, 0.15) is 27.6 Å². The van der Waals surface area contributed by atoms with Crippen LogP contribution in [0.5, 0.6) is 0 Å². The van der Waals surface area contributed by atoms with Gasteiger partial charge in [-0.2, -0.15) is 4.98 Å². The number of hydrogen-bond acceptors (Lipinski definition) is 5. The molecule has 6 heteroatoms. The molecule has 1 amide bonds. The average molecular weight is 246 g/mol. The van der Waals surface area contributed by atoms with Gasteiger partial charge in [-0.15, -0.1) is 0 Å². The van der Waals surface area contributed by atoms with Crippen molar-refractivity contribution in [1.82, 2.24) is 15.5 Å². The minimum Gasteiger partial charge on any atom is -0.366 e. The molecule has 0 fully saturated rings. The first kappa shape index (κ1) is 12.3. The van der Waals surface area contributed by atoms with Crippen LogP contribution in [0.15, 0.2) is 28.8 Å². The van der Waals surface area contributed by atoms with Crippen molar-refractivity contribution in [3.8, 4) is 0 Å². The van der Waals surface area contributed by atoms with Crippen LogP contribution in [-0.4, -0.2) is 16.0 Å². The van der Waals surface area contributed by atoms with E-state index in [1.807, 2.05) is 6.07 Å². The lowest BCUT2D eigenvalue weighted by atomic mass is 10.1. The largest absolute Gasteiger partial charge is 0.366 e. The highest BCUT2D eigenvalue weighted by Crippen LogP contribution is 2.04. The van der Waals surface area contributed by atoms with E-state index in [0.717, 1.165) is 5.56 Å². The van der Waals surface area contributed by atoms with Crippen molar-refractivity contribution >= 4 is 5.91 Å². The molecule has 6 nitrogen and oxygen atoms in total. The smallest absolute Gasteiger partial charge is 0.248 e. The quantitative estimate of drug-likeness (QED) is 0.812. The number of benzene rings is 1. The summed E-state index contributed by atoms with van der Waals surface area (Å²) < 4.78 is 4.86. The van der Waals surface area contributed by atoms with Crippen molar-refractivity contribution in [1.29, 1.82) is 0 Å². The van der Waals surface area contributed by atoms with Crippen molar-refractivity contribution < 1.29 is 9.32 Å². The molecule has 2 aromatic rings. The number of carbonyl (C=O) groups is 1. The van der Waals surface area contributed by atoms with Gasteiger partial charge in [-0.25, -0.2) is 0 Å². The Kier molecular flexibility index (Phi) is 3.69. The van der Waals surface area contributed by atoms with Crippen LogP contribution in [0.25, 0.3) is 0 Å². The first-order chi connectivity index (χ1) is 8.65. The van der Waals surface area contributed by atoms with Gasteiger partial charge in [0.1, 0.15) is 0 Å². The Morgan fingerprint density at radius 1 is 1.44 bits per heavy atom. The lowest BCUT2D eigenvalue weighted by Gasteiger charge is -2.03. The van der Waals surface area contributed by atoms with Gasteiger partial charge in [0.25, 0.3) is 0 Å². The van der Waals surface area contributed by atoms with E-state index >= 15 is 0 Å². The molecule has 1 aromatic heterocycles. The number of nitrogens with zero attached hydrogens (tertiary/aromatic N) is 2. The molecule has 0 aliphatic rings. The molecular formula is C12H14N4O2. The number of aromatic nitrogens is 2. The van der Waals surface area contributed by atoms with E-state index < -0.39 is 5.91 Å². The number of nitrogens with one attached hydrogen (secondary N) is 1. The van der Waals surface area contributed by atoms with Crippen LogP contribution in [-0.2, 0) is 13.1 Å². The molecule has 0 unspecified atom stereocenters. The number of primary amides is 1. The van der Waals surface area contributed by atoms with Crippen LogP contribution >= 0.6 is 0 Å². The molecular weight excluding hydrogens is 232 g/mol. The van der Waals surface area contributed by atoms with E-state index in [4.69, 9.17) is 10.3 Å². The summed E-state index contributed by atoms with van der Waals surface area (Å²) >= 11 is 0. The first-order valence-corrected chi connectivity index (χ1v) is 5.54. The second kappa shape index (κ2) is 5.42. The van der Waals surface area contributed by atoms with Gasteiger partial charge in [-0.1, -0.05) is 17.3 Å². The molecule has 1 aromatic carbocycles. The third-order valence-corrected chi connectivity index (χ3v) is 2.39. The summed E-state index contributed by atoms with van der Waals surface area (Å²) in [6.45, 7) is 2.86. The summed E-state index contributed by atoms with van der Waals surface area (Å²) in [5.74, 6) is 0.728. The molecule has 0 spiro atoms. The highest BCUT2D eigenvalue weighted by molar-refractivity contribution is 5.92. The molecule has 94 valence electrons. The second-order valence-corrected chi connectivity index (χ2v) is 3.90. The Bertz CT molecular complexity index is 551. The molecule has 0 saturated heterocycles. The zero-order valence-corrected chi connectivity index (χ0v) is 10.0. The summed E-state index contributed by atoms with van der Waals surface area (Å²) in [5, 5.41) is 6.93. The van der Waals surface area contributed by atoms with Crippen molar-refractivity contribution in [2.24, 2.45) is 5.73 Å². The Labute approximate surface area is 104 Å². The van der Waals surface area contributed by atoms with E-state index in [0.29, 0.717) is 30.4 Å². The minimum absolute atomic E-state index is 0.425. The van der Waals surface area contributed by atoms with Crippen molar-refractivity contribution in [2.75, 3.05) is 0 Å². The Morgan fingerprint density at radius 2 is 2.28 bits per heavy atom. The van der Waals surface area contributed by atoms with Gasteiger partial charge in [0, 0.05) is 19.0 Å². The summed E-state index contributed by atoms with van der Waals surface area (Å²) in [7, 11) is 0. The standard InChI is InChI=1S/C12H14N4O2/c1-8-15-11(16-18-8)7-14-6-9-3-2-4-10(5-9)12(13)17/h2-5,14H,6-7H2,1H3,(H2,13,17). The molecule has 0 aliphatic carbocycles. The van der Waals surface area contributed by atoms with Gasteiger partial charge in [-0.3, -0.25) is 4.79 Å². The SMILES string of the molecule is Cc1nc(CNCc2cccc(C(N)=O)c2)no1. The Hall–Kier alpha value is -2.21. The van der Waals surface area contributed by atoms with Crippen LogP contribution in [0.2, 0.25) is 0 Å². The molecule has 0 bridgehead atoms. The monoisotopic (exact) mass is 246 g/mol. The molecule has 2 rings (SSSR count). The summed E-state index contributed by atoms with van der Waals surface area (Å²) in [5.41, 5.74) is 6.70. The number of hydrogen-bond donors (Lipinski definition) is 2. The van der Waals surface area contributed by atoms with Gasteiger partial charge in [0.05, 0.1) is 6.54 Å². The van der Waals surface area contributed by atoms with Crippen molar-refractivity contribution in [3.63, 3.8) is 0 Å². The van der Waals surface area contributed by atoms with Crippen molar-refractivity contribution in [2.45, 2.75) is 20.0 Å². The fraction of sp³-hybridized carbons (Fsp3) is 0.250. The maximum Gasteiger partial charge on any atom is 0.248 e. The van der Waals surface area contributed by atoms with Crippen LogP contribution < -0.4 is 11.1 Å². The van der Waals surface area contributed by atoms with Crippen LogP contribution in [0, 0.1) is 6.92 Å². The molecule has 0 radical (unpaired) electrons. The third-order valence-electron chi connectivity index (χ3n) is 2.39. The molecule has 18 heavy (non-hydrogen) atoms. The molecule has 0 aliphatic heterocycles. The molecule has 3 N–H and O–H groups in total. The zero-order valence-electron chi connectivity index (χ0n) is 10.0. The zero-order chi connectivity index (χ0) is 13.0. The van der Waals surface area contributed by atoms with Gasteiger partial charge < -0.3 is 15.6 Å². The van der Waals surface area contributed by atoms with E-state index in [9.17, 15) is 4.79 Å². The van der Waals surface area contributed by atoms with Gasteiger partial charge >= 0.3 is 0 Å². The predicted molar refractivity (Wildman–Crippen MR) is 64.5 cm³/mol. The van der Waals surface area contributed by atoms with E-state index in [2.05, 4.69) is 15.5 Å². The van der Waals surface area contributed by atoms with Gasteiger partial charge in [0.2, 0.25) is 11.8 Å². The molecule has 1 heterocycles. The Morgan fingerprint density at radius 3 is 2.94 bits per heavy atom. The number of nitrogens with two attached hydrogens (primary N) is 1. The fourth-order valence-electron chi connectivity index (χ4n) is 1.57. The highest BCUT2D eigenvalue weighted by Gasteiger charge is 2.03. The lowest BCUT2D eigenvalue weighted by molar-refractivity contribution is 0.1000. The summed E-state index contributed by atoms with van der Waals surface area (Å²) in [4.78, 5) is 15.1. The topological polar surface area (TPSA) is 94.0 Å². The highest BCUT2D eigenvalue weighted by atomic mass is 16.5. The maximum absolute atomic E-state index is 11.0. The summed E-state index contributed by atoms with van der Waals surface area (Å²) in [6.07, 6.45) is 0. The molecule has 0 atom stereocenters. The Balaban J connectivity index is 1.90. The lowest BCUT2D eigenvalue weighted by Crippen LogP contribution is -2.15. The second-order valence-electron chi connectivity index (χ2n) is 3.90. The summed E-state index contributed by atoms with van der Waals surface area (Å²) in [6, 6.07) is 7.17. The van der Waals surface area contributed by atoms with Crippen LogP contribution in [0.3, 0.4) is 0 Å². The van der Waals surface area contributed by atoms with Crippen LogP contribution in [0.4, 0.5) is 0 Å². The maximum atomic E-state index is 11.0. The number of aryl methyl sites for hydroxylation is 1. The van der Waals surface area contributed by atoms with Crippen molar-refractivity contribution in [3.05, 3.63) is 47.1 Å². The molecule has 0 saturated carbocycles. The number of rotatable bonds is 5. The normalized spacial score (nSPS) is 10.5. The van der Waals surface area contributed by atoms with Gasteiger partial charge in [-0.05, 0) is 17.7 Å². The van der Waals surface area contributed by atoms with E-state index in [1.54, 1.807) is 25.1 Å². The van der Waals surface area contributed by atoms with E-state index in [1.165, 1.54) is 0 Å².